The Morgan fingerprint density at radius 1 is 1.79 bits per heavy atom. The molecule has 1 atom stereocenters. The van der Waals surface area contributed by atoms with Gasteiger partial charge in [0.05, 0.1) is 13.0 Å². The van der Waals surface area contributed by atoms with Gasteiger partial charge in [-0.2, -0.15) is 0 Å². The van der Waals surface area contributed by atoms with Crippen molar-refractivity contribution >= 4 is 12.1 Å². The number of carbonyl (C=O) groups excluding carboxylic acids is 1. The second kappa shape index (κ2) is 4.64. The molecule has 1 amide bonds. The van der Waals surface area contributed by atoms with Crippen molar-refractivity contribution in [3.05, 3.63) is 12.7 Å². The molecule has 1 aliphatic heterocycles. The highest BCUT2D eigenvalue weighted by Crippen LogP contribution is 2.14. The van der Waals surface area contributed by atoms with Crippen LogP contribution in [-0.2, 0) is 9.53 Å². The summed E-state index contributed by atoms with van der Waals surface area (Å²) in [5.74, 6) is -0.989. The molecule has 0 aromatic heterocycles. The van der Waals surface area contributed by atoms with Gasteiger partial charge in [0.1, 0.15) is 0 Å². The fraction of sp³-hybridized carbons (Fsp3) is 0.556. The molecule has 0 bridgehead atoms. The minimum atomic E-state index is -0.869. The van der Waals surface area contributed by atoms with Gasteiger partial charge in [-0.1, -0.05) is 6.08 Å². The lowest BCUT2D eigenvalue weighted by molar-refractivity contribution is -0.139. The van der Waals surface area contributed by atoms with Gasteiger partial charge < -0.3 is 14.7 Å². The highest BCUT2D eigenvalue weighted by molar-refractivity contribution is 5.70. The molecule has 5 heteroatoms. The smallest absolute Gasteiger partial charge is 0.410 e. The molecule has 1 aliphatic rings. The topological polar surface area (TPSA) is 66.8 Å². The molecule has 14 heavy (non-hydrogen) atoms. The molecule has 1 heterocycles. The van der Waals surface area contributed by atoms with Crippen molar-refractivity contribution < 1.29 is 19.4 Å². The van der Waals surface area contributed by atoms with Crippen LogP contribution in [0.2, 0.25) is 0 Å². The van der Waals surface area contributed by atoms with Gasteiger partial charge >= 0.3 is 12.1 Å². The molecular weight excluding hydrogens is 186 g/mol. The van der Waals surface area contributed by atoms with Crippen LogP contribution >= 0.6 is 0 Å². The van der Waals surface area contributed by atoms with Crippen molar-refractivity contribution in [2.75, 3.05) is 19.7 Å². The molecule has 1 saturated heterocycles. The van der Waals surface area contributed by atoms with E-state index in [1.165, 1.54) is 4.90 Å². The summed E-state index contributed by atoms with van der Waals surface area (Å²) in [6.07, 6.45) is 1.22. The monoisotopic (exact) mass is 199 g/mol. The predicted molar refractivity (Wildman–Crippen MR) is 48.9 cm³/mol. The molecule has 1 fully saturated rings. The van der Waals surface area contributed by atoms with Crippen LogP contribution in [-0.4, -0.2) is 41.8 Å². The van der Waals surface area contributed by atoms with Gasteiger partial charge in [-0.3, -0.25) is 4.79 Å². The van der Waals surface area contributed by atoms with Crippen LogP contribution in [0.25, 0.3) is 0 Å². The van der Waals surface area contributed by atoms with Gasteiger partial charge in [-0.25, -0.2) is 4.79 Å². The Labute approximate surface area is 82.0 Å². The van der Waals surface area contributed by atoms with Gasteiger partial charge in [-0.15, -0.1) is 6.58 Å². The first kappa shape index (κ1) is 10.6. The first-order chi connectivity index (χ1) is 6.63. The van der Waals surface area contributed by atoms with Crippen molar-refractivity contribution in [1.82, 2.24) is 4.90 Å². The molecule has 0 aromatic rings. The Kier molecular flexibility index (Phi) is 3.50. The summed E-state index contributed by atoms with van der Waals surface area (Å²) in [5.41, 5.74) is 0. The molecule has 1 unspecified atom stereocenters. The number of hydrogen-bond acceptors (Lipinski definition) is 3. The summed E-state index contributed by atoms with van der Waals surface area (Å²) in [7, 11) is 0. The van der Waals surface area contributed by atoms with Gasteiger partial charge in [0.2, 0.25) is 0 Å². The predicted octanol–water partition coefficient (Wildman–Crippen LogP) is 0.716. The molecule has 0 aliphatic carbocycles. The highest BCUT2D eigenvalue weighted by Gasteiger charge is 2.27. The van der Waals surface area contributed by atoms with Gasteiger partial charge in [0.15, 0.2) is 0 Å². The van der Waals surface area contributed by atoms with E-state index in [0.29, 0.717) is 13.1 Å². The summed E-state index contributed by atoms with van der Waals surface area (Å²) < 4.78 is 4.83. The third-order valence-electron chi connectivity index (χ3n) is 1.99. The van der Waals surface area contributed by atoms with E-state index < -0.39 is 12.1 Å². The van der Waals surface area contributed by atoms with Crippen LogP contribution in [0.3, 0.4) is 0 Å². The fourth-order valence-electron chi connectivity index (χ4n) is 1.39. The molecular formula is C9H13NO4. The van der Waals surface area contributed by atoms with Crippen molar-refractivity contribution in [3.63, 3.8) is 0 Å². The van der Waals surface area contributed by atoms with E-state index in [4.69, 9.17) is 9.84 Å². The summed E-state index contributed by atoms with van der Waals surface area (Å²) in [6.45, 7) is 4.53. The first-order valence-electron chi connectivity index (χ1n) is 4.38. The quantitative estimate of drug-likeness (QED) is 0.677. The lowest BCUT2D eigenvalue weighted by atomic mass is 10.1. The van der Waals surface area contributed by atoms with E-state index >= 15 is 0 Å². The molecule has 0 aromatic carbocycles. The Balaban J connectivity index is 2.48. The van der Waals surface area contributed by atoms with Crippen LogP contribution in [0.15, 0.2) is 12.7 Å². The molecule has 1 rings (SSSR count). The summed E-state index contributed by atoms with van der Waals surface area (Å²) in [4.78, 5) is 23.0. The number of ether oxygens (including phenoxy) is 1. The van der Waals surface area contributed by atoms with E-state index in [2.05, 4.69) is 6.58 Å². The maximum atomic E-state index is 11.1. The zero-order chi connectivity index (χ0) is 10.6. The molecule has 0 radical (unpaired) electrons. The molecule has 78 valence electrons. The molecule has 1 N–H and O–H groups in total. The number of nitrogens with zero attached hydrogens (tertiary/aromatic N) is 1. The second-order valence-electron chi connectivity index (χ2n) is 3.23. The Hall–Kier alpha value is -1.52. The van der Waals surface area contributed by atoms with Gasteiger partial charge in [0, 0.05) is 19.0 Å². The average Bonchev–Trinajstić information content (AvgIpc) is 2.10. The minimum absolute atomic E-state index is 0.0287. The summed E-state index contributed by atoms with van der Waals surface area (Å²) in [5, 5.41) is 8.57. The van der Waals surface area contributed by atoms with Crippen LogP contribution < -0.4 is 0 Å². The number of rotatable bonds is 4. The van der Waals surface area contributed by atoms with Crippen molar-refractivity contribution in [3.8, 4) is 0 Å². The number of carboxylic acid groups (broad SMARTS) is 1. The number of amides is 1. The lowest BCUT2D eigenvalue weighted by Crippen LogP contribution is -2.43. The molecule has 0 saturated carbocycles. The summed E-state index contributed by atoms with van der Waals surface area (Å²) in [6, 6.07) is 0. The third kappa shape index (κ3) is 2.76. The number of hydrogen-bond donors (Lipinski definition) is 1. The summed E-state index contributed by atoms with van der Waals surface area (Å²) >= 11 is 0. The second-order valence-corrected chi connectivity index (χ2v) is 3.23. The largest absolute Gasteiger partial charge is 0.481 e. The highest BCUT2D eigenvalue weighted by atomic mass is 16.6. The van der Waals surface area contributed by atoms with E-state index in [9.17, 15) is 9.59 Å². The van der Waals surface area contributed by atoms with E-state index in [0.717, 1.165) is 0 Å². The SMILES string of the molecule is C=CCN1CC(CC(=O)O)COC1=O. The average molecular weight is 199 g/mol. The van der Waals surface area contributed by atoms with Crippen LogP contribution in [0, 0.1) is 5.92 Å². The fourth-order valence-corrected chi connectivity index (χ4v) is 1.39. The maximum absolute atomic E-state index is 11.1. The van der Waals surface area contributed by atoms with Crippen LogP contribution in [0.5, 0.6) is 0 Å². The van der Waals surface area contributed by atoms with E-state index in [-0.39, 0.29) is 18.9 Å². The minimum Gasteiger partial charge on any atom is -0.481 e. The van der Waals surface area contributed by atoms with Gasteiger partial charge in [0.25, 0.3) is 0 Å². The Morgan fingerprint density at radius 2 is 2.50 bits per heavy atom. The molecule has 0 spiro atoms. The molecule has 5 nitrogen and oxygen atoms in total. The number of carbonyl (C=O) groups is 2. The van der Waals surface area contributed by atoms with Crippen LogP contribution in [0.4, 0.5) is 4.79 Å². The number of carboxylic acids is 1. The first-order valence-corrected chi connectivity index (χ1v) is 4.38. The lowest BCUT2D eigenvalue weighted by Gasteiger charge is -2.30. The van der Waals surface area contributed by atoms with Crippen LogP contribution in [0.1, 0.15) is 6.42 Å². The zero-order valence-corrected chi connectivity index (χ0v) is 7.81. The number of aliphatic carboxylic acids is 1. The van der Waals surface area contributed by atoms with Crippen molar-refractivity contribution in [2.45, 2.75) is 6.42 Å². The van der Waals surface area contributed by atoms with E-state index in [1.807, 2.05) is 0 Å². The third-order valence-corrected chi connectivity index (χ3v) is 1.99. The zero-order valence-electron chi connectivity index (χ0n) is 7.81. The van der Waals surface area contributed by atoms with E-state index in [1.54, 1.807) is 6.08 Å². The standard InChI is InChI=1S/C9H13NO4/c1-2-3-10-5-7(4-8(11)12)6-14-9(10)13/h2,7H,1,3-6H2,(H,11,12). The Morgan fingerprint density at radius 3 is 3.07 bits per heavy atom. The van der Waals surface area contributed by atoms with Crippen molar-refractivity contribution in [1.29, 1.82) is 0 Å². The van der Waals surface area contributed by atoms with Crippen molar-refractivity contribution in [2.24, 2.45) is 5.92 Å². The normalized spacial score (nSPS) is 21.6. The number of cyclic esters (lactones) is 1. The maximum Gasteiger partial charge on any atom is 0.410 e. The Bertz CT molecular complexity index is 251. The van der Waals surface area contributed by atoms with Gasteiger partial charge in [-0.05, 0) is 0 Å².